The molecule has 1 atom stereocenters. The molecule has 0 radical (unpaired) electrons. The van der Waals surface area contributed by atoms with Crippen molar-refractivity contribution in [1.29, 1.82) is 0 Å². The molecule has 0 heterocycles. The Morgan fingerprint density at radius 1 is 1.29 bits per heavy atom. The van der Waals surface area contributed by atoms with Gasteiger partial charge in [-0.1, -0.05) is 55.5 Å². The van der Waals surface area contributed by atoms with Crippen LogP contribution in [0.25, 0.3) is 0 Å². The van der Waals surface area contributed by atoms with Crippen LogP contribution in [-0.4, -0.2) is 40.2 Å². The second kappa shape index (κ2) is 12.6. The predicted octanol–water partition coefficient (Wildman–Crippen LogP) is 5.00. The molecule has 0 spiro atoms. The maximum absolute atomic E-state index is 12.1. The largest absolute Gasteiger partial charge is 0.463 e. The molecule has 0 N–H and O–H groups in total. The number of para-hydroxylation sites is 1. The summed E-state index contributed by atoms with van der Waals surface area (Å²) < 4.78 is 6.24. The number of unbranched alkanes of at least 4 members (excludes halogenated alkanes) is 1. The first-order chi connectivity index (χ1) is 11.6. The number of thiocarbonyl (C=S) groups is 1. The van der Waals surface area contributed by atoms with Gasteiger partial charge in [0.05, 0.1) is 6.54 Å². The fourth-order valence-corrected chi connectivity index (χ4v) is 4.70. The third-order valence-electron chi connectivity index (χ3n) is 3.43. The molecule has 6 heteroatoms. The lowest BCUT2D eigenvalue weighted by Gasteiger charge is -2.23. The second-order valence-corrected chi connectivity index (χ2v) is 8.93. The molecule has 0 aromatic heterocycles. The number of carbonyl (C=O) groups excluding carboxylic acids is 1. The number of ether oxygens (including phenoxy) is 1. The van der Waals surface area contributed by atoms with Gasteiger partial charge in [-0.3, -0.25) is 4.79 Å². The second-order valence-electron chi connectivity index (χ2n) is 5.29. The number of benzene rings is 1. The summed E-state index contributed by atoms with van der Waals surface area (Å²) in [5, 5.41) is -0.251. The average Bonchev–Trinajstić information content (AvgIpc) is 2.59. The number of rotatable bonds is 10. The molecule has 1 rings (SSSR count). The normalized spacial score (nSPS) is 11.8. The molecule has 0 aliphatic heterocycles. The fraction of sp³-hybridized carbons (Fsp3) is 0.556. The van der Waals surface area contributed by atoms with Gasteiger partial charge in [-0.15, -0.1) is 11.8 Å². The zero-order valence-corrected chi connectivity index (χ0v) is 17.1. The van der Waals surface area contributed by atoms with E-state index in [1.165, 1.54) is 11.8 Å². The summed E-state index contributed by atoms with van der Waals surface area (Å²) in [6.07, 6.45) is 2.31. The van der Waals surface area contributed by atoms with E-state index in [2.05, 4.69) is 30.9 Å². The predicted molar refractivity (Wildman–Crippen MR) is 112 cm³/mol. The lowest BCUT2D eigenvalue weighted by molar-refractivity contribution is -0.142. The minimum Gasteiger partial charge on any atom is -0.463 e. The van der Waals surface area contributed by atoms with Crippen LogP contribution in [0.2, 0.25) is 0 Å². The highest BCUT2D eigenvalue weighted by Crippen LogP contribution is 2.23. The van der Waals surface area contributed by atoms with Crippen LogP contribution in [0, 0.1) is 0 Å². The van der Waals surface area contributed by atoms with Crippen LogP contribution in [0.3, 0.4) is 0 Å². The van der Waals surface area contributed by atoms with Gasteiger partial charge in [0.2, 0.25) is 0 Å². The Kier molecular flexibility index (Phi) is 11.2. The first-order valence-corrected chi connectivity index (χ1v) is 10.7. The Balaban J connectivity index is 2.30. The minimum atomic E-state index is -0.251. The van der Waals surface area contributed by atoms with E-state index in [0.29, 0.717) is 13.2 Å². The lowest BCUT2D eigenvalue weighted by Crippen LogP contribution is -2.29. The highest BCUT2D eigenvalue weighted by molar-refractivity contribution is 8.47. The molecule has 0 saturated heterocycles. The number of thioether (sulfide) groups is 2. The van der Waals surface area contributed by atoms with Gasteiger partial charge in [-0.25, -0.2) is 0 Å². The number of hydrogen-bond donors (Lipinski definition) is 0. The topological polar surface area (TPSA) is 29.5 Å². The summed E-state index contributed by atoms with van der Waals surface area (Å²) in [6.45, 7) is 8.07. The van der Waals surface area contributed by atoms with Gasteiger partial charge in [0.15, 0.2) is 0 Å². The highest BCUT2D eigenvalue weighted by Gasteiger charge is 2.17. The number of anilines is 1. The molecule has 0 fully saturated rings. The van der Waals surface area contributed by atoms with Crippen molar-refractivity contribution in [2.24, 2.45) is 0 Å². The number of likely N-dealkylation sites (N-methyl/N-ethyl adjacent to an activating group) is 1. The van der Waals surface area contributed by atoms with Gasteiger partial charge < -0.3 is 9.64 Å². The highest BCUT2D eigenvalue weighted by atomic mass is 32.2. The maximum Gasteiger partial charge on any atom is 0.319 e. The molecule has 134 valence electrons. The first-order valence-electron chi connectivity index (χ1n) is 8.38. The van der Waals surface area contributed by atoms with Crippen molar-refractivity contribution >= 4 is 50.9 Å². The van der Waals surface area contributed by atoms with Crippen LogP contribution in [0.1, 0.15) is 33.6 Å². The Hall–Kier alpha value is -0.720. The smallest absolute Gasteiger partial charge is 0.319 e. The van der Waals surface area contributed by atoms with Crippen LogP contribution in [-0.2, 0) is 9.53 Å². The van der Waals surface area contributed by atoms with Gasteiger partial charge in [0.1, 0.15) is 15.4 Å². The van der Waals surface area contributed by atoms with E-state index in [1.54, 1.807) is 11.8 Å². The van der Waals surface area contributed by atoms with Gasteiger partial charge in [-0.05, 0) is 38.2 Å². The Bertz CT molecular complexity index is 496. The standard InChI is InChI=1S/C18H27NO2S3/c1-4-6-14-23-18(22)24-15(3)17(20)21-13-12-19(5-2)16-10-8-7-9-11-16/h7-11,15H,4-6,12-14H2,1-3H3. The number of hydrogen-bond acceptors (Lipinski definition) is 6. The zero-order chi connectivity index (χ0) is 17.8. The average molecular weight is 386 g/mol. The van der Waals surface area contributed by atoms with Crippen LogP contribution < -0.4 is 4.90 Å². The molecule has 24 heavy (non-hydrogen) atoms. The van der Waals surface area contributed by atoms with Crippen LogP contribution >= 0.6 is 35.7 Å². The molecule has 1 aromatic carbocycles. The quantitative estimate of drug-likeness (QED) is 0.320. The molecule has 0 aliphatic carbocycles. The van der Waals surface area contributed by atoms with Crippen molar-refractivity contribution < 1.29 is 9.53 Å². The summed E-state index contributed by atoms with van der Waals surface area (Å²) in [7, 11) is 0. The third kappa shape index (κ3) is 8.40. The fourth-order valence-electron chi connectivity index (χ4n) is 2.01. The molecule has 3 nitrogen and oxygen atoms in total. The zero-order valence-electron chi connectivity index (χ0n) is 14.7. The van der Waals surface area contributed by atoms with Crippen molar-refractivity contribution in [3.8, 4) is 0 Å². The van der Waals surface area contributed by atoms with Crippen LogP contribution in [0.4, 0.5) is 5.69 Å². The van der Waals surface area contributed by atoms with E-state index in [-0.39, 0.29) is 11.2 Å². The summed E-state index contributed by atoms with van der Waals surface area (Å²) in [5.41, 5.74) is 1.15. The maximum atomic E-state index is 12.1. The van der Waals surface area contributed by atoms with E-state index in [1.807, 2.05) is 25.1 Å². The van der Waals surface area contributed by atoms with Crippen molar-refractivity contribution in [2.75, 3.05) is 30.3 Å². The van der Waals surface area contributed by atoms with Crippen molar-refractivity contribution in [2.45, 2.75) is 38.9 Å². The third-order valence-corrected chi connectivity index (χ3v) is 6.18. The molecular weight excluding hydrogens is 358 g/mol. The van der Waals surface area contributed by atoms with Gasteiger partial charge in [0, 0.05) is 12.2 Å². The monoisotopic (exact) mass is 385 g/mol. The molecule has 1 aromatic rings. The van der Waals surface area contributed by atoms with E-state index in [4.69, 9.17) is 17.0 Å². The molecular formula is C18H27NO2S3. The van der Waals surface area contributed by atoms with Crippen molar-refractivity contribution in [3.63, 3.8) is 0 Å². The SMILES string of the molecule is CCCCSC(=S)SC(C)C(=O)OCCN(CC)c1ccccc1. The molecule has 0 aliphatic rings. The molecule has 0 amide bonds. The Morgan fingerprint density at radius 2 is 2.00 bits per heavy atom. The summed E-state index contributed by atoms with van der Waals surface area (Å²) >= 11 is 8.39. The minimum absolute atomic E-state index is 0.192. The van der Waals surface area contributed by atoms with Crippen LogP contribution in [0.5, 0.6) is 0 Å². The lowest BCUT2D eigenvalue weighted by atomic mass is 10.3. The number of nitrogens with zero attached hydrogens (tertiary/aromatic N) is 1. The molecule has 0 bridgehead atoms. The van der Waals surface area contributed by atoms with E-state index < -0.39 is 0 Å². The molecule has 0 saturated carbocycles. The Labute approximate surface area is 159 Å². The van der Waals surface area contributed by atoms with Gasteiger partial charge in [-0.2, -0.15) is 0 Å². The van der Waals surface area contributed by atoms with E-state index >= 15 is 0 Å². The van der Waals surface area contributed by atoms with Crippen molar-refractivity contribution in [3.05, 3.63) is 30.3 Å². The summed E-state index contributed by atoms with van der Waals surface area (Å²) in [4.78, 5) is 14.3. The summed E-state index contributed by atoms with van der Waals surface area (Å²) in [5.74, 6) is 0.828. The first kappa shape index (κ1) is 21.3. The number of esters is 1. The van der Waals surface area contributed by atoms with E-state index in [9.17, 15) is 4.79 Å². The van der Waals surface area contributed by atoms with Gasteiger partial charge >= 0.3 is 5.97 Å². The van der Waals surface area contributed by atoms with Crippen LogP contribution in [0.15, 0.2) is 30.3 Å². The Morgan fingerprint density at radius 3 is 2.62 bits per heavy atom. The number of carbonyl (C=O) groups is 1. The van der Waals surface area contributed by atoms with E-state index in [0.717, 1.165) is 34.4 Å². The van der Waals surface area contributed by atoms with Crippen molar-refractivity contribution in [1.82, 2.24) is 0 Å². The molecule has 1 unspecified atom stereocenters. The summed E-state index contributed by atoms with van der Waals surface area (Å²) in [6, 6.07) is 10.2. The van der Waals surface area contributed by atoms with Gasteiger partial charge in [0.25, 0.3) is 0 Å².